The average Bonchev–Trinajstić information content (AvgIpc) is 2.86. The summed E-state index contributed by atoms with van der Waals surface area (Å²) in [5.74, 6) is 0.0296. The maximum Gasteiger partial charge on any atom is 0.407 e. The number of amides is 2. The molecule has 0 spiro atoms. The van der Waals surface area contributed by atoms with Gasteiger partial charge in [-0.05, 0) is 39.1 Å². The third-order valence-corrected chi connectivity index (χ3v) is 3.53. The maximum atomic E-state index is 12.1. The molecule has 1 heterocycles. The van der Waals surface area contributed by atoms with Gasteiger partial charge in [-0.25, -0.2) is 4.79 Å². The van der Waals surface area contributed by atoms with Crippen molar-refractivity contribution in [1.82, 2.24) is 10.2 Å². The first-order valence-electron chi connectivity index (χ1n) is 7.09. The molecule has 0 aliphatic carbocycles. The van der Waals surface area contributed by atoms with Crippen LogP contribution in [0.5, 0.6) is 0 Å². The molecule has 0 aliphatic heterocycles. The summed E-state index contributed by atoms with van der Waals surface area (Å²) in [4.78, 5) is 26.5. The van der Waals surface area contributed by atoms with Crippen LogP contribution in [0.3, 0.4) is 0 Å². The Morgan fingerprint density at radius 3 is 2.62 bits per heavy atom. The quantitative estimate of drug-likeness (QED) is 0.878. The van der Waals surface area contributed by atoms with E-state index in [2.05, 4.69) is 5.32 Å². The van der Waals surface area contributed by atoms with E-state index in [1.807, 2.05) is 24.4 Å². The molecule has 0 unspecified atom stereocenters. The van der Waals surface area contributed by atoms with Gasteiger partial charge >= 0.3 is 6.09 Å². The molecule has 0 radical (unpaired) electrons. The zero-order valence-corrected chi connectivity index (χ0v) is 14.0. The van der Waals surface area contributed by atoms with E-state index in [1.54, 1.807) is 37.0 Å². The maximum absolute atomic E-state index is 12.1. The van der Waals surface area contributed by atoms with Gasteiger partial charge in [0.1, 0.15) is 5.60 Å². The van der Waals surface area contributed by atoms with Gasteiger partial charge in [-0.15, -0.1) is 11.3 Å². The van der Waals surface area contributed by atoms with E-state index in [4.69, 9.17) is 4.74 Å². The Hall–Kier alpha value is -1.56. The molecule has 2 amide bonds. The van der Waals surface area contributed by atoms with Crippen LogP contribution in [-0.2, 0) is 16.1 Å². The predicted molar refractivity (Wildman–Crippen MR) is 84.3 cm³/mol. The van der Waals surface area contributed by atoms with Gasteiger partial charge in [0, 0.05) is 24.4 Å². The van der Waals surface area contributed by atoms with E-state index in [-0.39, 0.29) is 18.9 Å². The lowest BCUT2D eigenvalue weighted by molar-refractivity contribution is -0.131. The lowest BCUT2D eigenvalue weighted by Gasteiger charge is -2.21. The number of nitrogens with one attached hydrogen (secondary N) is 1. The first-order valence-corrected chi connectivity index (χ1v) is 7.97. The fourth-order valence-corrected chi connectivity index (χ4v) is 2.43. The zero-order chi connectivity index (χ0) is 15.9. The van der Waals surface area contributed by atoms with E-state index in [0.717, 1.165) is 4.88 Å². The fraction of sp³-hybridized carbons (Fsp3) is 0.600. The Labute approximate surface area is 130 Å². The summed E-state index contributed by atoms with van der Waals surface area (Å²) in [7, 11) is 0. The van der Waals surface area contributed by atoms with Crippen LogP contribution in [0.25, 0.3) is 0 Å². The standard InChI is InChI=1S/C15H24N2O3S/c1-5-17(11-12-7-6-10-21-12)13(18)8-9-16-14(19)20-15(2,3)4/h6-7,10H,5,8-9,11H2,1-4H3,(H,16,19). The van der Waals surface area contributed by atoms with E-state index in [0.29, 0.717) is 13.1 Å². The molecule has 0 bridgehead atoms. The zero-order valence-electron chi connectivity index (χ0n) is 13.1. The van der Waals surface area contributed by atoms with Crippen molar-refractivity contribution in [3.05, 3.63) is 22.4 Å². The van der Waals surface area contributed by atoms with Crippen LogP contribution in [0.15, 0.2) is 17.5 Å². The highest BCUT2D eigenvalue weighted by Crippen LogP contribution is 2.12. The number of rotatable bonds is 6. The van der Waals surface area contributed by atoms with E-state index in [9.17, 15) is 9.59 Å². The Kier molecular flexibility index (Phi) is 6.68. The SMILES string of the molecule is CCN(Cc1cccs1)C(=O)CCNC(=O)OC(C)(C)C. The van der Waals surface area contributed by atoms with Crippen molar-refractivity contribution in [2.45, 2.75) is 46.3 Å². The normalized spacial score (nSPS) is 11.0. The summed E-state index contributed by atoms with van der Waals surface area (Å²) >= 11 is 1.64. The Bertz CT molecular complexity index is 452. The second-order valence-electron chi connectivity index (χ2n) is 5.67. The molecule has 0 aromatic carbocycles. The molecule has 6 heteroatoms. The number of nitrogens with zero attached hydrogens (tertiary/aromatic N) is 1. The molecule has 0 saturated carbocycles. The summed E-state index contributed by atoms with van der Waals surface area (Å²) < 4.78 is 5.12. The van der Waals surface area contributed by atoms with Gasteiger partial charge in [-0.2, -0.15) is 0 Å². The lowest BCUT2D eigenvalue weighted by Crippen LogP contribution is -2.36. The first-order chi connectivity index (χ1) is 9.81. The number of ether oxygens (including phenoxy) is 1. The molecule has 5 nitrogen and oxygen atoms in total. The largest absolute Gasteiger partial charge is 0.444 e. The molecule has 0 saturated heterocycles. The highest BCUT2D eigenvalue weighted by molar-refractivity contribution is 7.09. The first kappa shape index (κ1) is 17.5. The van der Waals surface area contributed by atoms with Crippen molar-refractivity contribution in [1.29, 1.82) is 0 Å². The van der Waals surface area contributed by atoms with Crippen molar-refractivity contribution < 1.29 is 14.3 Å². The predicted octanol–water partition coefficient (Wildman–Crippen LogP) is 3.01. The van der Waals surface area contributed by atoms with Crippen LogP contribution >= 0.6 is 11.3 Å². The van der Waals surface area contributed by atoms with Gasteiger partial charge in [-0.1, -0.05) is 6.07 Å². The van der Waals surface area contributed by atoms with Gasteiger partial charge in [0.25, 0.3) is 0 Å². The fourth-order valence-electron chi connectivity index (χ4n) is 1.71. The van der Waals surface area contributed by atoms with Crippen LogP contribution < -0.4 is 5.32 Å². The van der Waals surface area contributed by atoms with E-state index < -0.39 is 11.7 Å². The van der Waals surface area contributed by atoms with Gasteiger partial charge in [-0.3, -0.25) is 4.79 Å². The smallest absolute Gasteiger partial charge is 0.407 e. The molecule has 1 rings (SSSR count). The average molecular weight is 312 g/mol. The van der Waals surface area contributed by atoms with Crippen molar-refractivity contribution >= 4 is 23.3 Å². The van der Waals surface area contributed by atoms with Gasteiger partial charge in [0.05, 0.1) is 6.54 Å². The van der Waals surface area contributed by atoms with Gasteiger partial charge in [0.2, 0.25) is 5.91 Å². The van der Waals surface area contributed by atoms with Gasteiger partial charge in [0.15, 0.2) is 0 Å². The number of alkyl carbamates (subject to hydrolysis) is 1. The third-order valence-electron chi connectivity index (χ3n) is 2.67. The minimum absolute atomic E-state index is 0.0296. The minimum atomic E-state index is -0.525. The molecule has 1 N–H and O–H groups in total. The summed E-state index contributed by atoms with van der Waals surface area (Å²) in [6.07, 6.45) is -0.213. The van der Waals surface area contributed by atoms with Crippen molar-refractivity contribution in [2.75, 3.05) is 13.1 Å². The summed E-state index contributed by atoms with van der Waals surface area (Å²) in [6, 6.07) is 3.99. The number of carbonyl (C=O) groups is 2. The monoisotopic (exact) mass is 312 g/mol. The van der Waals surface area contributed by atoms with Crippen molar-refractivity contribution in [2.24, 2.45) is 0 Å². The topological polar surface area (TPSA) is 58.6 Å². The summed E-state index contributed by atoms with van der Waals surface area (Å²) in [5, 5.41) is 4.60. The molecular weight excluding hydrogens is 288 g/mol. The molecule has 0 aliphatic rings. The van der Waals surface area contributed by atoms with Crippen LogP contribution in [0.1, 0.15) is 39.0 Å². The molecule has 118 valence electrons. The molecule has 1 aromatic heterocycles. The Morgan fingerprint density at radius 2 is 2.10 bits per heavy atom. The molecular formula is C15H24N2O3S. The van der Waals surface area contributed by atoms with Crippen molar-refractivity contribution in [3.8, 4) is 0 Å². The summed E-state index contributed by atoms with van der Waals surface area (Å²) in [6.45, 7) is 8.93. The number of hydrogen-bond donors (Lipinski definition) is 1. The Balaban J connectivity index is 2.33. The molecule has 0 fully saturated rings. The molecule has 0 atom stereocenters. The van der Waals surface area contributed by atoms with Crippen LogP contribution in [0.2, 0.25) is 0 Å². The van der Waals surface area contributed by atoms with E-state index >= 15 is 0 Å². The third kappa shape index (κ3) is 7.13. The van der Waals surface area contributed by atoms with Crippen LogP contribution in [0, 0.1) is 0 Å². The second kappa shape index (κ2) is 8.02. The second-order valence-corrected chi connectivity index (χ2v) is 6.70. The van der Waals surface area contributed by atoms with Crippen LogP contribution in [0.4, 0.5) is 4.79 Å². The number of carbonyl (C=O) groups excluding carboxylic acids is 2. The molecule has 1 aromatic rings. The highest BCUT2D eigenvalue weighted by Gasteiger charge is 2.17. The summed E-state index contributed by atoms with van der Waals surface area (Å²) in [5.41, 5.74) is -0.525. The molecule has 21 heavy (non-hydrogen) atoms. The van der Waals surface area contributed by atoms with Crippen molar-refractivity contribution in [3.63, 3.8) is 0 Å². The van der Waals surface area contributed by atoms with E-state index in [1.165, 1.54) is 0 Å². The van der Waals surface area contributed by atoms with Crippen LogP contribution in [-0.4, -0.2) is 35.6 Å². The highest BCUT2D eigenvalue weighted by atomic mass is 32.1. The minimum Gasteiger partial charge on any atom is -0.444 e. The number of thiophene rings is 1. The lowest BCUT2D eigenvalue weighted by atomic mass is 10.2. The number of hydrogen-bond acceptors (Lipinski definition) is 4. The van der Waals surface area contributed by atoms with Gasteiger partial charge < -0.3 is 15.0 Å². The Morgan fingerprint density at radius 1 is 1.38 bits per heavy atom.